The van der Waals surface area contributed by atoms with Crippen LogP contribution in [0.1, 0.15) is 17.0 Å². The van der Waals surface area contributed by atoms with Crippen LogP contribution in [0, 0.1) is 32.4 Å². The van der Waals surface area contributed by atoms with Gasteiger partial charge in [-0.25, -0.2) is 21.9 Å². The third kappa shape index (κ3) is 3.32. The average Bonchev–Trinajstić information content (AvgIpc) is 2.87. The maximum Gasteiger partial charge on any atom is 0.265 e. The summed E-state index contributed by atoms with van der Waals surface area (Å²) in [6.07, 6.45) is 0. The molecule has 3 aromatic rings. The molecule has 136 valence electrons. The number of hydrogen-bond donors (Lipinski definition) is 1. The molecular weight excluding hydrogens is 360 g/mol. The van der Waals surface area contributed by atoms with E-state index in [2.05, 4.69) is 9.82 Å². The Bertz CT molecular complexity index is 1070. The molecule has 0 aliphatic rings. The minimum atomic E-state index is -4.15. The van der Waals surface area contributed by atoms with Gasteiger partial charge in [0.15, 0.2) is 0 Å². The van der Waals surface area contributed by atoms with Crippen molar-refractivity contribution in [2.45, 2.75) is 25.7 Å². The summed E-state index contributed by atoms with van der Waals surface area (Å²) in [7, 11) is -4.15. The molecule has 0 aliphatic heterocycles. The summed E-state index contributed by atoms with van der Waals surface area (Å²) < 4.78 is 56.2. The topological polar surface area (TPSA) is 64.0 Å². The van der Waals surface area contributed by atoms with Crippen LogP contribution in [-0.4, -0.2) is 18.2 Å². The van der Waals surface area contributed by atoms with E-state index in [-0.39, 0.29) is 10.6 Å². The summed E-state index contributed by atoms with van der Waals surface area (Å²) in [6.45, 7) is 5.10. The first-order valence-electron chi connectivity index (χ1n) is 7.80. The zero-order valence-corrected chi connectivity index (χ0v) is 15.2. The van der Waals surface area contributed by atoms with E-state index in [0.717, 1.165) is 23.8 Å². The molecule has 0 unspecified atom stereocenters. The Morgan fingerprint density at radius 1 is 1.00 bits per heavy atom. The van der Waals surface area contributed by atoms with Gasteiger partial charge >= 0.3 is 0 Å². The molecule has 0 fully saturated rings. The number of aromatic nitrogens is 2. The van der Waals surface area contributed by atoms with Gasteiger partial charge in [-0.2, -0.15) is 5.10 Å². The molecule has 0 amide bonds. The second-order valence-electron chi connectivity index (χ2n) is 5.98. The van der Waals surface area contributed by atoms with Crippen molar-refractivity contribution in [2.24, 2.45) is 0 Å². The number of hydrogen-bond acceptors (Lipinski definition) is 3. The lowest BCUT2D eigenvalue weighted by Gasteiger charge is -2.10. The highest BCUT2D eigenvalue weighted by Crippen LogP contribution is 2.26. The Hall–Kier alpha value is -2.74. The molecular formula is C18H17F2N3O2S. The molecule has 1 N–H and O–H groups in total. The van der Waals surface area contributed by atoms with Crippen LogP contribution >= 0.6 is 0 Å². The van der Waals surface area contributed by atoms with Crippen LogP contribution in [0.15, 0.2) is 47.4 Å². The number of benzene rings is 2. The highest BCUT2D eigenvalue weighted by molar-refractivity contribution is 7.92. The molecule has 0 spiro atoms. The van der Waals surface area contributed by atoms with Gasteiger partial charge in [0.25, 0.3) is 10.0 Å². The number of sulfonamides is 1. The first kappa shape index (κ1) is 18.1. The van der Waals surface area contributed by atoms with E-state index >= 15 is 0 Å². The molecule has 0 saturated carbocycles. The average molecular weight is 377 g/mol. The molecule has 8 heteroatoms. The summed E-state index contributed by atoms with van der Waals surface area (Å²) >= 11 is 0. The molecule has 5 nitrogen and oxygen atoms in total. The Kier molecular flexibility index (Phi) is 4.53. The Balaban J connectivity index is 2.06. The van der Waals surface area contributed by atoms with Gasteiger partial charge in [0, 0.05) is 6.07 Å². The van der Waals surface area contributed by atoms with Crippen LogP contribution in [0.5, 0.6) is 0 Å². The summed E-state index contributed by atoms with van der Waals surface area (Å²) in [6, 6.07) is 10.00. The zero-order valence-electron chi connectivity index (χ0n) is 14.4. The largest absolute Gasteiger partial charge is 0.276 e. The van der Waals surface area contributed by atoms with Crippen LogP contribution in [-0.2, 0) is 10.0 Å². The van der Waals surface area contributed by atoms with E-state index in [9.17, 15) is 17.2 Å². The van der Waals surface area contributed by atoms with Crippen molar-refractivity contribution >= 4 is 15.7 Å². The van der Waals surface area contributed by atoms with Crippen LogP contribution in [0.4, 0.5) is 14.5 Å². The number of rotatable bonds is 4. The molecule has 1 aromatic heterocycles. The molecule has 0 saturated heterocycles. The van der Waals surface area contributed by atoms with E-state index < -0.39 is 27.3 Å². The molecule has 0 aliphatic carbocycles. The predicted octanol–water partition coefficient (Wildman–Crippen LogP) is 3.88. The fourth-order valence-electron chi connectivity index (χ4n) is 2.73. The molecule has 2 aromatic carbocycles. The van der Waals surface area contributed by atoms with Gasteiger partial charge in [0.05, 0.1) is 22.8 Å². The molecule has 0 bridgehead atoms. The lowest BCUT2D eigenvalue weighted by atomic mass is 10.2. The second kappa shape index (κ2) is 6.53. The first-order chi connectivity index (χ1) is 12.2. The number of nitrogens with one attached hydrogen (secondary N) is 1. The lowest BCUT2D eigenvalue weighted by molar-refractivity contribution is 0.593. The molecule has 26 heavy (non-hydrogen) atoms. The normalized spacial score (nSPS) is 11.6. The highest BCUT2D eigenvalue weighted by atomic mass is 32.2. The number of aryl methyl sites for hydroxylation is 2. The van der Waals surface area contributed by atoms with Crippen molar-refractivity contribution in [3.63, 3.8) is 0 Å². The molecule has 0 atom stereocenters. The standard InChI is InChI=1S/C18H17F2N3O2S/c1-11-4-7-15(8-5-11)23-13(3)18(12(2)21-23)26(24,25)22-17-10-14(19)6-9-16(17)20/h4-10,22H,1-3H3. The van der Waals surface area contributed by atoms with Crippen LogP contribution in [0.25, 0.3) is 5.69 Å². The fourth-order valence-corrected chi connectivity index (χ4v) is 4.18. The third-order valence-corrected chi connectivity index (χ3v) is 5.56. The number of nitrogens with zero attached hydrogens (tertiary/aromatic N) is 2. The van der Waals surface area contributed by atoms with Crippen molar-refractivity contribution in [1.29, 1.82) is 0 Å². The van der Waals surface area contributed by atoms with E-state index in [1.54, 1.807) is 13.8 Å². The Morgan fingerprint density at radius 3 is 2.31 bits per heavy atom. The van der Waals surface area contributed by atoms with E-state index in [1.807, 2.05) is 31.2 Å². The Labute approximate surface area is 150 Å². The van der Waals surface area contributed by atoms with Gasteiger partial charge in [-0.3, -0.25) is 4.72 Å². The zero-order chi connectivity index (χ0) is 19.1. The number of halogens is 2. The van der Waals surface area contributed by atoms with Crippen molar-refractivity contribution in [1.82, 2.24) is 9.78 Å². The summed E-state index contributed by atoms with van der Waals surface area (Å²) in [5.41, 5.74) is 1.94. The fraction of sp³-hybridized carbons (Fsp3) is 0.167. The van der Waals surface area contributed by atoms with Gasteiger partial charge in [-0.1, -0.05) is 17.7 Å². The minimum absolute atomic E-state index is 0.0678. The monoisotopic (exact) mass is 377 g/mol. The number of anilines is 1. The Morgan fingerprint density at radius 2 is 1.65 bits per heavy atom. The summed E-state index contributed by atoms with van der Waals surface area (Å²) in [5.74, 6) is -1.61. The molecule has 1 heterocycles. The van der Waals surface area contributed by atoms with Gasteiger partial charge in [-0.05, 0) is 45.0 Å². The van der Waals surface area contributed by atoms with Crippen molar-refractivity contribution in [3.05, 3.63) is 71.1 Å². The van der Waals surface area contributed by atoms with Crippen molar-refractivity contribution in [2.75, 3.05) is 4.72 Å². The lowest BCUT2D eigenvalue weighted by Crippen LogP contribution is -2.16. The SMILES string of the molecule is Cc1ccc(-n2nc(C)c(S(=O)(=O)Nc3cc(F)ccc3F)c2C)cc1. The van der Waals surface area contributed by atoms with E-state index in [1.165, 1.54) is 4.68 Å². The third-order valence-electron chi connectivity index (χ3n) is 3.94. The van der Waals surface area contributed by atoms with Crippen LogP contribution < -0.4 is 4.72 Å². The smallest absolute Gasteiger partial charge is 0.265 e. The van der Waals surface area contributed by atoms with Gasteiger partial charge < -0.3 is 0 Å². The predicted molar refractivity (Wildman–Crippen MR) is 94.9 cm³/mol. The second-order valence-corrected chi connectivity index (χ2v) is 7.60. The van der Waals surface area contributed by atoms with Gasteiger partial charge in [-0.15, -0.1) is 0 Å². The molecule has 0 radical (unpaired) electrons. The van der Waals surface area contributed by atoms with Crippen molar-refractivity contribution in [3.8, 4) is 5.69 Å². The van der Waals surface area contributed by atoms with Gasteiger partial charge in [0.2, 0.25) is 0 Å². The summed E-state index contributed by atoms with van der Waals surface area (Å²) in [4.78, 5) is -0.0678. The minimum Gasteiger partial charge on any atom is -0.276 e. The van der Waals surface area contributed by atoms with Crippen LogP contribution in [0.3, 0.4) is 0 Å². The van der Waals surface area contributed by atoms with Crippen LogP contribution in [0.2, 0.25) is 0 Å². The molecule has 3 rings (SSSR count). The summed E-state index contributed by atoms with van der Waals surface area (Å²) in [5, 5.41) is 4.29. The highest BCUT2D eigenvalue weighted by Gasteiger charge is 2.26. The first-order valence-corrected chi connectivity index (χ1v) is 9.28. The quantitative estimate of drug-likeness (QED) is 0.751. The maximum absolute atomic E-state index is 13.8. The van der Waals surface area contributed by atoms with Gasteiger partial charge in [0.1, 0.15) is 16.5 Å². The maximum atomic E-state index is 13.8. The van der Waals surface area contributed by atoms with E-state index in [4.69, 9.17) is 0 Å². The van der Waals surface area contributed by atoms with Crippen molar-refractivity contribution < 1.29 is 17.2 Å². The van der Waals surface area contributed by atoms with E-state index in [0.29, 0.717) is 11.4 Å².